The summed E-state index contributed by atoms with van der Waals surface area (Å²) in [5.74, 6) is 0.439. The largest absolute Gasteiger partial charge is 0.463 e. The van der Waals surface area contributed by atoms with Crippen molar-refractivity contribution in [2.75, 3.05) is 139 Å². The van der Waals surface area contributed by atoms with Crippen molar-refractivity contribution in [3.8, 4) is 0 Å². The smallest absolute Gasteiger partial charge is 0.305 e. The van der Waals surface area contributed by atoms with Gasteiger partial charge in [-0.05, 0) is 12.3 Å². The van der Waals surface area contributed by atoms with Gasteiger partial charge < -0.3 is 52.1 Å². The number of carbonyl (C=O) groups is 1. The van der Waals surface area contributed by atoms with Crippen LogP contribution in [0.5, 0.6) is 0 Å². The fourth-order valence-corrected chi connectivity index (χ4v) is 3.19. The molecule has 0 saturated carbocycles. The van der Waals surface area contributed by atoms with Crippen molar-refractivity contribution >= 4 is 5.97 Å². The van der Waals surface area contributed by atoms with E-state index in [2.05, 4.69) is 20.8 Å². The highest BCUT2D eigenvalue weighted by Crippen LogP contribution is 2.01. The van der Waals surface area contributed by atoms with Crippen LogP contribution in [0.1, 0.15) is 52.9 Å². The SMILES string of the molecule is CCCCCC(=O)OCCOCCOCCOCCOCCOCCOCCOCCOCCOCCOCC(C)CC. The molecule has 0 aliphatic carbocycles. The van der Waals surface area contributed by atoms with Gasteiger partial charge in [0.1, 0.15) is 6.61 Å². The second kappa shape index (κ2) is 37.3. The third kappa shape index (κ3) is 37.2. The molecule has 258 valence electrons. The molecule has 0 fully saturated rings. The van der Waals surface area contributed by atoms with E-state index in [0.29, 0.717) is 138 Å². The molecule has 12 nitrogen and oxygen atoms in total. The van der Waals surface area contributed by atoms with Gasteiger partial charge >= 0.3 is 5.97 Å². The Balaban J connectivity index is 3.08. The molecule has 0 bridgehead atoms. The highest BCUT2D eigenvalue weighted by molar-refractivity contribution is 5.69. The summed E-state index contributed by atoms with van der Waals surface area (Å²) in [4.78, 5) is 11.4. The van der Waals surface area contributed by atoms with Gasteiger partial charge in [-0.3, -0.25) is 4.79 Å². The van der Waals surface area contributed by atoms with Gasteiger partial charge in [-0.2, -0.15) is 0 Å². The van der Waals surface area contributed by atoms with Crippen LogP contribution >= 0.6 is 0 Å². The Bertz CT molecular complexity index is 541. The van der Waals surface area contributed by atoms with Crippen molar-refractivity contribution in [2.24, 2.45) is 5.92 Å². The fourth-order valence-electron chi connectivity index (χ4n) is 3.19. The number of hydrogen-bond acceptors (Lipinski definition) is 12. The van der Waals surface area contributed by atoms with E-state index >= 15 is 0 Å². The maximum atomic E-state index is 11.4. The van der Waals surface area contributed by atoms with Gasteiger partial charge in [0, 0.05) is 13.0 Å². The fraction of sp³-hybridized carbons (Fsp3) is 0.968. The molecule has 0 aliphatic rings. The molecule has 0 spiro atoms. The van der Waals surface area contributed by atoms with E-state index in [9.17, 15) is 4.79 Å². The molecule has 0 aromatic rings. The van der Waals surface area contributed by atoms with Crippen LogP contribution in [0.25, 0.3) is 0 Å². The summed E-state index contributed by atoms with van der Waals surface area (Å²) in [5, 5.41) is 0. The summed E-state index contributed by atoms with van der Waals surface area (Å²) in [6.45, 7) is 17.3. The third-order valence-electron chi connectivity index (χ3n) is 5.92. The first kappa shape index (κ1) is 42.1. The van der Waals surface area contributed by atoms with E-state index in [1.165, 1.54) is 0 Å². The second-order valence-corrected chi connectivity index (χ2v) is 9.78. The number of rotatable bonds is 37. The molecule has 43 heavy (non-hydrogen) atoms. The summed E-state index contributed by atoms with van der Waals surface area (Å²) in [6, 6.07) is 0. The molecule has 1 unspecified atom stereocenters. The molecule has 0 N–H and O–H groups in total. The summed E-state index contributed by atoms with van der Waals surface area (Å²) in [6.07, 6.45) is 4.63. The van der Waals surface area contributed by atoms with Gasteiger partial charge in [0.2, 0.25) is 0 Å². The van der Waals surface area contributed by atoms with Gasteiger partial charge in [-0.15, -0.1) is 0 Å². The minimum absolute atomic E-state index is 0.157. The Labute approximate surface area is 260 Å². The molecule has 0 radical (unpaired) electrons. The van der Waals surface area contributed by atoms with Crippen LogP contribution in [0.2, 0.25) is 0 Å². The van der Waals surface area contributed by atoms with Gasteiger partial charge in [-0.1, -0.05) is 40.0 Å². The maximum absolute atomic E-state index is 11.4. The lowest BCUT2D eigenvalue weighted by Crippen LogP contribution is -2.15. The zero-order valence-corrected chi connectivity index (χ0v) is 27.4. The van der Waals surface area contributed by atoms with E-state index < -0.39 is 0 Å². The average Bonchev–Trinajstić information content (AvgIpc) is 3.01. The molecule has 0 aromatic heterocycles. The van der Waals surface area contributed by atoms with Crippen molar-refractivity contribution < 1.29 is 56.9 Å². The van der Waals surface area contributed by atoms with Gasteiger partial charge in [0.15, 0.2) is 0 Å². The van der Waals surface area contributed by atoms with Crippen LogP contribution in [0.15, 0.2) is 0 Å². The van der Waals surface area contributed by atoms with Crippen molar-refractivity contribution in [1.29, 1.82) is 0 Å². The Morgan fingerprint density at radius 2 is 0.744 bits per heavy atom. The second-order valence-electron chi connectivity index (χ2n) is 9.78. The summed E-state index contributed by atoms with van der Waals surface area (Å²) in [7, 11) is 0. The third-order valence-corrected chi connectivity index (χ3v) is 5.92. The normalized spacial score (nSPS) is 12.2. The quantitative estimate of drug-likeness (QED) is 0.0744. The number of hydrogen-bond donors (Lipinski definition) is 0. The van der Waals surface area contributed by atoms with Crippen LogP contribution in [-0.4, -0.2) is 145 Å². The molecular weight excluding hydrogens is 564 g/mol. The number of unbranched alkanes of at least 4 members (excludes halogenated alkanes) is 2. The summed E-state index contributed by atoms with van der Waals surface area (Å²) >= 11 is 0. The molecule has 0 heterocycles. The predicted molar refractivity (Wildman–Crippen MR) is 163 cm³/mol. The van der Waals surface area contributed by atoms with Gasteiger partial charge in [0.25, 0.3) is 0 Å². The first-order chi connectivity index (χ1) is 21.2. The molecule has 0 rings (SSSR count). The first-order valence-electron chi connectivity index (χ1n) is 16.1. The van der Waals surface area contributed by atoms with Crippen molar-refractivity contribution in [3.05, 3.63) is 0 Å². The van der Waals surface area contributed by atoms with E-state index in [1.807, 2.05) is 0 Å². The molecular formula is C31H62O12. The minimum atomic E-state index is -0.157. The molecule has 12 heteroatoms. The lowest BCUT2D eigenvalue weighted by molar-refractivity contribution is -0.145. The van der Waals surface area contributed by atoms with Crippen LogP contribution in [0, 0.1) is 5.92 Å². The van der Waals surface area contributed by atoms with Crippen molar-refractivity contribution in [2.45, 2.75) is 52.9 Å². The van der Waals surface area contributed by atoms with Crippen LogP contribution < -0.4 is 0 Å². The van der Waals surface area contributed by atoms with Crippen LogP contribution in [0.4, 0.5) is 0 Å². The first-order valence-corrected chi connectivity index (χ1v) is 16.1. The Kier molecular flexibility index (Phi) is 36.5. The number of esters is 1. The zero-order chi connectivity index (χ0) is 31.3. The molecule has 1 atom stereocenters. The zero-order valence-electron chi connectivity index (χ0n) is 27.4. The predicted octanol–water partition coefficient (Wildman–Crippen LogP) is 3.32. The highest BCUT2D eigenvalue weighted by atomic mass is 16.6. The topological polar surface area (TPSA) is 119 Å². The molecule has 0 amide bonds. The maximum Gasteiger partial charge on any atom is 0.305 e. The van der Waals surface area contributed by atoms with E-state index in [1.54, 1.807) is 0 Å². The molecule has 0 saturated heterocycles. The van der Waals surface area contributed by atoms with Crippen LogP contribution in [-0.2, 0) is 56.9 Å². The Hall–Kier alpha value is -0.930. The minimum Gasteiger partial charge on any atom is -0.463 e. The number of carbonyl (C=O) groups excluding carboxylic acids is 1. The Morgan fingerprint density at radius 3 is 1.05 bits per heavy atom. The van der Waals surface area contributed by atoms with E-state index in [4.69, 9.17) is 52.1 Å². The molecule has 0 aliphatic heterocycles. The lowest BCUT2D eigenvalue weighted by atomic mass is 10.1. The van der Waals surface area contributed by atoms with Crippen molar-refractivity contribution in [1.82, 2.24) is 0 Å². The van der Waals surface area contributed by atoms with Crippen molar-refractivity contribution in [3.63, 3.8) is 0 Å². The van der Waals surface area contributed by atoms with Crippen LogP contribution in [0.3, 0.4) is 0 Å². The Morgan fingerprint density at radius 1 is 0.442 bits per heavy atom. The molecule has 0 aromatic carbocycles. The van der Waals surface area contributed by atoms with Gasteiger partial charge in [-0.25, -0.2) is 0 Å². The van der Waals surface area contributed by atoms with Gasteiger partial charge in [0.05, 0.1) is 126 Å². The highest BCUT2D eigenvalue weighted by Gasteiger charge is 2.02. The standard InChI is InChI=1S/C31H62O12/c1-4-6-7-8-31(32)43-28-27-41-24-23-39-20-19-37-16-15-35-12-11-33-9-10-34-13-14-36-17-18-38-21-22-40-25-26-42-29-30(3)5-2/h30H,4-29H2,1-3H3. The van der Waals surface area contributed by atoms with E-state index in [-0.39, 0.29) is 12.6 Å². The number of ether oxygens (including phenoxy) is 11. The van der Waals surface area contributed by atoms with E-state index in [0.717, 1.165) is 32.3 Å². The summed E-state index contributed by atoms with van der Waals surface area (Å²) < 4.78 is 59.7. The lowest BCUT2D eigenvalue weighted by Gasteiger charge is -2.10. The average molecular weight is 627 g/mol. The monoisotopic (exact) mass is 626 g/mol. The summed E-state index contributed by atoms with van der Waals surface area (Å²) in [5.41, 5.74) is 0.